The zero-order valence-corrected chi connectivity index (χ0v) is 10.8. The van der Waals surface area contributed by atoms with E-state index < -0.39 is 6.04 Å². The van der Waals surface area contributed by atoms with Crippen LogP contribution >= 0.6 is 0 Å². The fourth-order valence-corrected chi connectivity index (χ4v) is 1.38. The first-order valence-corrected chi connectivity index (χ1v) is 5.76. The van der Waals surface area contributed by atoms with Crippen molar-refractivity contribution in [3.63, 3.8) is 0 Å². The highest BCUT2D eigenvalue weighted by Gasteiger charge is 2.16. The van der Waals surface area contributed by atoms with Gasteiger partial charge in [0.05, 0.1) is 11.9 Å². The van der Waals surface area contributed by atoms with Gasteiger partial charge in [0, 0.05) is 12.2 Å². The van der Waals surface area contributed by atoms with Crippen LogP contribution in [0.15, 0.2) is 12.4 Å². The van der Waals surface area contributed by atoms with Crippen LogP contribution in [-0.2, 0) is 16.1 Å². The van der Waals surface area contributed by atoms with Crippen molar-refractivity contribution in [3.05, 3.63) is 12.4 Å². The maximum atomic E-state index is 11.6. The molecule has 0 spiro atoms. The quantitative estimate of drug-likeness (QED) is 0.658. The van der Waals surface area contributed by atoms with Crippen molar-refractivity contribution in [2.75, 3.05) is 5.73 Å². The lowest BCUT2D eigenvalue weighted by Gasteiger charge is -2.15. The van der Waals surface area contributed by atoms with Gasteiger partial charge in [0.1, 0.15) is 12.6 Å². The molecule has 7 nitrogen and oxygen atoms in total. The Morgan fingerprint density at radius 1 is 1.39 bits per heavy atom. The van der Waals surface area contributed by atoms with Gasteiger partial charge >= 0.3 is 0 Å². The first kappa shape index (κ1) is 14.0. The number of nitrogen functional groups attached to an aromatic ring is 1. The monoisotopic (exact) mass is 253 g/mol. The molecule has 0 aromatic carbocycles. The highest BCUT2D eigenvalue weighted by Crippen LogP contribution is 1.97. The number of nitrogens with zero attached hydrogens (tertiary/aromatic N) is 2. The van der Waals surface area contributed by atoms with Gasteiger partial charge in [-0.15, -0.1) is 0 Å². The second-order valence-corrected chi connectivity index (χ2v) is 4.42. The van der Waals surface area contributed by atoms with Crippen molar-refractivity contribution in [2.45, 2.75) is 39.4 Å². The molecule has 0 saturated heterocycles. The molecule has 2 amide bonds. The van der Waals surface area contributed by atoms with Crippen molar-refractivity contribution in [2.24, 2.45) is 0 Å². The second kappa shape index (κ2) is 6.04. The number of rotatable bonds is 5. The molecule has 1 unspecified atom stereocenters. The third-order valence-corrected chi connectivity index (χ3v) is 2.16. The zero-order chi connectivity index (χ0) is 13.7. The third-order valence-electron chi connectivity index (χ3n) is 2.16. The average Bonchev–Trinajstić information content (AvgIpc) is 2.62. The van der Waals surface area contributed by atoms with Crippen LogP contribution in [0.4, 0.5) is 5.69 Å². The van der Waals surface area contributed by atoms with Crippen LogP contribution in [0.3, 0.4) is 0 Å². The van der Waals surface area contributed by atoms with Crippen LogP contribution in [0.1, 0.15) is 20.8 Å². The standard InChI is InChI=1S/C11H19N5O2/c1-7(2)14-11(18)8(3)15-10(17)6-16-5-9(12)4-13-16/h4-5,7-8H,6,12H2,1-3H3,(H,14,18)(H,15,17). The Morgan fingerprint density at radius 2 is 2.06 bits per heavy atom. The van der Waals surface area contributed by atoms with E-state index in [1.807, 2.05) is 13.8 Å². The molecule has 1 atom stereocenters. The molecule has 0 saturated carbocycles. The number of anilines is 1. The van der Waals surface area contributed by atoms with Crippen LogP contribution in [0.5, 0.6) is 0 Å². The van der Waals surface area contributed by atoms with E-state index in [0.29, 0.717) is 5.69 Å². The summed E-state index contributed by atoms with van der Waals surface area (Å²) in [6.07, 6.45) is 3.01. The molecule has 100 valence electrons. The van der Waals surface area contributed by atoms with Gasteiger partial charge < -0.3 is 16.4 Å². The molecule has 0 fully saturated rings. The van der Waals surface area contributed by atoms with Gasteiger partial charge in [-0.1, -0.05) is 0 Å². The Kier molecular flexibility index (Phi) is 4.70. The number of nitrogens with two attached hydrogens (primary N) is 1. The Balaban J connectivity index is 2.42. The second-order valence-electron chi connectivity index (χ2n) is 4.42. The Bertz CT molecular complexity index is 427. The maximum absolute atomic E-state index is 11.6. The van der Waals surface area contributed by atoms with Crippen LogP contribution in [0, 0.1) is 0 Å². The van der Waals surface area contributed by atoms with Crippen molar-refractivity contribution in [1.82, 2.24) is 20.4 Å². The van der Waals surface area contributed by atoms with Gasteiger partial charge in [-0.05, 0) is 20.8 Å². The van der Waals surface area contributed by atoms with Crippen molar-refractivity contribution < 1.29 is 9.59 Å². The molecular weight excluding hydrogens is 234 g/mol. The van der Waals surface area contributed by atoms with E-state index >= 15 is 0 Å². The minimum absolute atomic E-state index is 0.0382. The highest BCUT2D eigenvalue weighted by atomic mass is 16.2. The van der Waals surface area contributed by atoms with Crippen LogP contribution < -0.4 is 16.4 Å². The first-order chi connectivity index (χ1) is 8.38. The van der Waals surface area contributed by atoms with Crippen LogP contribution in [0.2, 0.25) is 0 Å². The number of aromatic nitrogens is 2. The number of hydrogen-bond donors (Lipinski definition) is 3. The molecule has 0 aliphatic heterocycles. The summed E-state index contributed by atoms with van der Waals surface area (Å²) >= 11 is 0. The number of nitrogens with one attached hydrogen (secondary N) is 2. The van der Waals surface area contributed by atoms with Gasteiger partial charge in [-0.3, -0.25) is 14.3 Å². The molecule has 1 rings (SSSR count). The number of hydrogen-bond acceptors (Lipinski definition) is 4. The van der Waals surface area contributed by atoms with Gasteiger partial charge in [0.15, 0.2) is 0 Å². The average molecular weight is 253 g/mol. The smallest absolute Gasteiger partial charge is 0.242 e. The summed E-state index contributed by atoms with van der Waals surface area (Å²) in [6.45, 7) is 5.39. The molecule has 1 aromatic heterocycles. The minimum atomic E-state index is -0.576. The molecule has 1 heterocycles. The number of carbonyl (C=O) groups is 2. The van der Waals surface area contributed by atoms with E-state index in [-0.39, 0.29) is 24.4 Å². The Morgan fingerprint density at radius 3 is 2.56 bits per heavy atom. The third kappa shape index (κ3) is 4.44. The van der Waals surface area contributed by atoms with E-state index in [1.54, 1.807) is 13.1 Å². The molecule has 1 aromatic rings. The largest absolute Gasteiger partial charge is 0.396 e. The van der Waals surface area contributed by atoms with Gasteiger partial charge in [-0.2, -0.15) is 5.10 Å². The highest BCUT2D eigenvalue weighted by molar-refractivity contribution is 5.87. The molecule has 7 heteroatoms. The first-order valence-electron chi connectivity index (χ1n) is 5.76. The van der Waals surface area contributed by atoms with Crippen molar-refractivity contribution in [3.8, 4) is 0 Å². The molecule has 18 heavy (non-hydrogen) atoms. The minimum Gasteiger partial charge on any atom is -0.396 e. The molecule has 4 N–H and O–H groups in total. The predicted octanol–water partition coefficient (Wildman–Crippen LogP) is -0.505. The Labute approximate surface area is 106 Å². The maximum Gasteiger partial charge on any atom is 0.242 e. The number of amides is 2. The van der Waals surface area contributed by atoms with E-state index in [4.69, 9.17) is 5.73 Å². The fourth-order valence-electron chi connectivity index (χ4n) is 1.38. The fraction of sp³-hybridized carbons (Fsp3) is 0.545. The SMILES string of the molecule is CC(C)NC(=O)C(C)NC(=O)Cn1cc(N)cn1. The summed E-state index contributed by atoms with van der Waals surface area (Å²) in [6, 6.07) is -0.532. The lowest BCUT2D eigenvalue weighted by atomic mass is 10.3. The number of carbonyl (C=O) groups excluding carboxylic acids is 2. The summed E-state index contributed by atoms with van der Waals surface area (Å²) in [5, 5.41) is 9.20. The Hall–Kier alpha value is -2.05. The van der Waals surface area contributed by atoms with E-state index in [0.717, 1.165) is 0 Å². The van der Waals surface area contributed by atoms with E-state index in [9.17, 15) is 9.59 Å². The molecule has 0 radical (unpaired) electrons. The van der Waals surface area contributed by atoms with Crippen LogP contribution in [-0.4, -0.2) is 33.7 Å². The van der Waals surface area contributed by atoms with Gasteiger partial charge in [-0.25, -0.2) is 0 Å². The van der Waals surface area contributed by atoms with Crippen molar-refractivity contribution >= 4 is 17.5 Å². The van der Waals surface area contributed by atoms with Gasteiger partial charge in [0.25, 0.3) is 0 Å². The lowest BCUT2D eigenvalue weighted by Crippen LogP contribution is -2.47. The summed E-state index contributed by atoms with van der Waals surface area (Å²) in [5.41, 5.74) is 5.97. The lowest BCUT2D eigenvalue weighted by molar-refractivity contribution is -0.129. The molecular formula is C11H19N5O2. The summed E-state index contributed by atoms with van der Waals surface area (Å²) in [7, 11) is 0. The molecule has 0 aliphatic rings. The normalized spacial score (nSPS) is 12.2. The molecule has 0 bridgehead atoms. The predicted molar refractivity (Wildman–Crippen MR) is 67.5 cm³/mol. The van der Waals surface area contributed by atoms with E-state index in [1.165, 1.54) is 10.9 Å². The summed E-state index contributed by atoms with van der Waals surface area (Å²) in [4.78, 5) is 23.2. The zero-order valence-electron chi connectivity index (χ0n) is 10.8. The van der Waals surface area contributed by atoms with Gasteiger partial charge in [0.2, 0.25) is 11.8 Å². The van der Waals surface area contributed by atoms with E-state index in [2.05, 4.69) is 15.7 Å². The van der Waals surface area contributed by atoms with Crippen molar-refractivity contribution in [1.29, 1.82) is 0 Å². The summed E-state index contributed by atoms with van der Waals surface area (Å²) < 4.78 is 1.41. The van der Waals surface area contributed by atoms with Crippen LogP contribution in [0.25, 0.3) is 0 Å². The summed E-state index contributed by atoms with van der Waals surface area (Å²) in [5.74, 6) is -0.497. The topological polar surface area (TPSA) is 102 Å². The molecule has 0 aliphatic carbocycles.